The highest BCUT2D eigenvalue weighted by molar-refractivity contribution is 6.10. The van der Waals surface area contributed by atoms with E-state index in [1.54, 1.807) is 12.2 Å². The van der Waals surface area contributed by atoms with Crippen LogP contribution in [0.1, 0.15) is 19.4 Å². The molecule has 0 heterocycles. The molecule has 0 N–H and O–H groups in total. The van der Waals surface area contributed by atoms with Crippen LogP contribution in [0, 0.1) is 11.3 Å². The first-order valence-electron chi connectivity index (χ1n) is 6.44. The molecule has 0 fully saturated rings. The second kappa shape index (κ2) is 6.49. The molecule has 4 heteroatoms. The van der Waals surface area contributed by atoms with Crippen molar-refractivity contribution in [2.45, 2.75) is 13.8 Å². The smallest absolute Gasteiger partial charge is 0.318 e. The first-order valence-corrected chi connectivity index (χ1v) is 6.44. The van der Waals surface area contributed by atoms with Crippen molar-refractivity contribution >= 4 is 17.3 Å². The predicted octanol–water partition coefficient (Wildman–Crippen LogP) is 3.40. The number of oxime groups is 1. The van der Waals surface area contributed by atoms with Gasteiger partial charge in [-0.25, -0.2) is 4.79 Å². The topological polar surface area (TPSA) is 62.4 Å². The molecule has 104 valence electrons. The van der Waals surface area contributed by atoms with E-state index in [2.05, 4.69) is 16.1 Å². The molecule has 0 radical (unpaired) electrons. The van der Waals surface area contributed by atoms with Gasteiger partial charge in [-0.3, -0.25) is 0 Å². The molecule has 21 heavy (non-hydrogen) atoms. The number of hydrogen-bond donors (Lipinski definition) is 0. The van der Waals surface area contributed by atoms with Crippen molar-refractivity contribution in [3.63, 3.8) is 0 Å². The third kappa shape index (κ3) is 3.54. The molecule has 0 saturated carbocycles. The van der Waals surface area contributed by atoms with E-state index in [0.717, 1.165) is 16.7 Å². The SMILES string of the molecule is CC(=O)O/N=C1C=C/C(=C(/C#N)c2ccccc2)C=C/1C. The molecule has 1 aromatic rings. The van der Waals surface area contributed by atoms with E-state index in [1.165, 1.54) is 6.92 Å². The number of rotatable bonds is 2. The summed E-state index contributed by atoms with van der Waals surface area (Å²) >= 11 is 0. The molecule has 0 saturated heterocycles. The van der Waals surface area contributed by atoms with Crippen LogP contribution in [0.2, 0.25) is 0 Å². The lowest BCUT2D eigenvalue weighted by molar-refractivity contribution is -0.140. The van der Waals surface area contributed by atoms with E-state index in [4.69, 9.17) is 0 Å². The van der Waals surface area contributed by atoms with E-state index in [-0.39, 0.29) is 0 Å². The highest BCUT2D eigenvalue weighted by Gasteiger charge is 2.11. The molecular weight excluding hydrogens is 264 g/mol. The molecule has 0 aromatic heterocycles. The van der Waals surface area contributed by atoms with Gasteiger partial charge in [0.05, 0.1) is 5.57 Å². The molecular formula is C17H14N2O2. The van der Waals surface area contributed by atoms with E-state index in [1.807, 2.05) is 43.3 Å². The van der Waals surface area contributed by atoms with Crippen molar-refractivity contribution in [2.75, 3.05) is 0 Å². The Morgan fingerprint density at radius 1 is 1.24 bits per heavy atom. The zero-order valence-electron chi connectivity index (χ0n) is 11.8. The molecule has 0 amide bonds. The Labute approximate surface area is 123 Å². The first kappa shape index (κ1) is 14.5. The van der Waals surface area contributed by atoms with Crippen LogP contribution in [-0.2, 0) is 9.63 Å². The first-order chi connectivity index (χ1) is 10.1. The van der Waals surface area contributed by atoms with Gasteiger partial charge in [0, 0.05) is 6.92 Å². The Balaban J connectivity index is 2.38. The molecule has 4 nitrogen and oxygen atoms in total. The molecule has 1 aliphatic rings. The standard InChI is InChI=1S/C17H14N2O2/c1-12-10-15(8-9-17(12)19-21-13(2)20)16(11-18)14-6-4-3-5-7-14/h3-10H,1-2H3/b16-15+,19-17-. The van der Waals surface area contributed by atoms with Crippen LogP contribution in [0.5, 0.6) is 0 Å². The number of carbonyl (C=O) groups is 1. The fourth-order valence-corrected chi connectivity index (χ4v) is 1.93. The third-order valence-corrected chi connectivity index (χ3v) is 2.93. The van der Waals surface area contributed by atoms with Gasteiger partial charge in [-0.15, -0.1) is 0 Å². The molecule has 2 rings (SSSR count). The van der Waals surface area contributed by atoms with Crippen LogP contribution in [0.3, 0.4) is 0 Å². The van der Waals surface area contributed by atoms with Gasteiger partial charge in [0.2, 0.25) is 0 Å². The highest BCUT2D eigenvalue weighted by atomic mass is 16.7. The quantitative estimate of drug-likeness (QED) is 0.473. The van der Waals surface area contributed by atoms with Crippen LogP contribution in [-0.4, -0.2) is 11.7 Å². The zero-order chi connectivity index (χ0) is 15.2. The van der Waals surface area contributed by atoms with Crippen molar-refractivity contribution < 1.29 is 9.63 Å². The maximum absolute atomic E-state index is 10.8. The number of nitrogens with zero attached hydrogens (tertiary/aromatic N) is 2. The van der Waals surface area contributed by atoms with E-state index in [0.29, 0.717) is 11.3 Å². The van der Waals surface area contributed by atoms with Crippen LogP contribution in [0.15, 0.2) is 64.9 Å². The Morgan fingerprint density at radius 3 is 2.52 bits per heavy atom. The summed E-state index contributed by atoms with van der Waals surface area (Å²) in [4.78, 5) is 15.4. The van der Waals surface area contributed by atoms with Crippen LogP contribution in [0.4, 0.5) is 0 Å². The highest BCUT2D eigenvalue weighted by Crippen LogP contribution is 2.24. The number of allylic oxidation sites excluding steroid dienone is 6. The largest absolute Gasteiger partial charge is 0.332 e. The van der Waals surface area contributed by atoms with Gasteiger partial charge >= 0.3 is 5.97 Å². The number of carbonyl (C=O) groups excluding carboxylic acids is 1. The minimum absolute atomic E-state index is 0.466. The Kier molecular flexibility index (Phi) is 4.47. The van der Waals surface area contributed by atoms with Gasteiger partial charge in [0.1, 0.15) is 11.8 Å². The lowest BCUT2D eigenvalue weighted by atomic mass is 9.94. The summed E-state index contributed by atoms with van der Waals surface area (Å²) in [6, 6.07) is 11.7. The van der Waals surface area contributed by atoms with Gasteiger partial charge in [-0.05, 0) is 35.8 Å². The Hall–Kier alpha value is -2.93. The van der Waals surface area contributed by atoms with Gasteiger partial charge in [0.25, 0.3) is 0 Å². The minimum atomic E-state index is -0.466. The summed E-state index contributed by atoms with van der Waals surface area (Å²) in [6.45, 7) is 3.15. The van der Waals surface area contributed by atoms with E-state index in [9.17, 15) is 10.1 Å². The van der Waals surface area contributed by atoms with Crippen LogP contribution in [0.25, 0.3) is 5.57 Å². The van der Waals surface area contributed by atoms with Gasteiger partial charge < -0.3 is 4.84 Å². The van der Waals surface area contributed by atoms with Gasteiger partial charge in [-0.2, -0.15) is 5.26 Å². The average molecular weight is 278 g/mol. The normalized spacial score (nSPS) is 18.0. The maximum atomic E-state index is 10.8. The zero-order valence-corrected chi connectivity index (χ0v) is 11.8. The van der Waals surface area contributed by atoms with Gasteiger partial charge in [-0.1, -0.05) is 41.6 Å². The lowest BCUT2D eigenvalue weighted by Gasteiger charge is -2.10. The van der Waals surface area contributed by atoms with Crippen molar-refractivity contribution in [2.24, 2.45) is 5.16 Å². The number of benzene rings is 1. The van der Waals surface area contributed by atoms with E-state index >= 15 is 0 Å². The van der Waals surface area contributed by atoms with Crippen LogP contribution < -0.4 is 0 Å². The summed E-state index contributed by atoms with van der Waals surface area (Å²) < 4.78 is 0. The minimum Gasteiger partial charge on any atom is -0.318 e. The molecule has 0 unspecified atom stereocenters. The molecule has 0 atom stereocenters. The fraction of sp³-hybridized carbons (Fsp3) is 0.118. The molecule has 0 aliphatic heterocycles. The number of hydrogen-bond acceptors (Lipinski definition) is 4. The van der Waals surface area contributed by atoms with Gasteiger partial charge in [0.15, 0.2) is 0 Å². The fourth-order valence-electron chi connectivity index (χ4n) is 1.93. The van der Waals surface area contributed by atoms with Crippen molar-refractivity contribution in [3.8, 4) is 6.07 Å². The molecule has 0 bridgehead atoms. The van der Waals surface area contributed by atoms with E-state index < -0.39 is 5.97 Å². The summed E-state index contributed by atoms with van der Waals surface area (Å²) in [5.41, 5.74) is 3.67. The number of nitriles is 1. The Morgan fingerprint density at radius 2 is 1.95 bits per heavy atom. The molecule has 1 aromatic carbocycles. The third-order valence-electron chi connectivity index (χ3n) is 2.93. The molecule has 1 aliphatic carbocycles. The van der Waals surface area contributed by atoms with Crippen LogP contribution >= 0.6 is 0 Å². The molecule has 0 spiro atoms. The second-order valence-electron chi connectivity index (χ2n) is 4.53. The monoisotopic (exact) mass is 278 g/mol. The summed E-state index contributed by atoms with van der Waals surface area (Å²) in [5, 5.41) is 13.2. The lowest BCUT2D eigenvalue weighted by Crippen LogP contribution is -2.04. The summed E-state index contributed by atoms with van der Waals surface area (Å²) in [7, 11) is 0. The summed E-state index contributed by atoms with van der Waals surface area (Å²) in [5.74, 6) is -0.466. The summed E-state index contributed by atoms with van der Waals surface area (Å²) in [6.07, 6.45) is 5.38. The maximum Gasteiger partial charge on any atom is 0.332 e. The Bertz CT molecular complexity index is 717. The van der Waals surface area contributed by atoms with Crippen molar-refractivity contribution in [1.82, 2.24) is 0 Å². The predicted molar refractivity (Wildman–Crippen MR) is 81.1 cm³/mol. The van der Waals surface area contributed by atoms with Crippen molar-refractivity contribution in [1.29, 1.82) is 5.26 Å². The average Bonchev–Trinajstić information content (AvgIpc) is 2.48. The second-order valence-corrected chi connectivity index (χ2v) is 4.53. The van der Waals surface area contributed by atoms with Crippen molar-refractivity contribution in [3.05, 3.63) is 65.3 Å².